The van der Waals surface area contributed by atoms with E-state index < -0.39 is 10.0 Å². The maximum Gasteiger partial charge on any atom is 0.265 e. The van der Waals surface area contributed by atoms with Crippen LogP contribution >= 0.6 is 0 Å². The van der Waals surface area contributed by atoms with E-state index in [4.69, 9.17) is 5.73 Å². The van der Waals surface area contributed by atoms with Gasteiger partial charge in [-0.3, -0.25) is 9.82 Å². The molecular weight excluding hydrogens is 252 g/mol. The zero-order valence-corrected chi connectivity index (χ0v) is 10.7. The van der Waals surface area contributed by atoms with Gasteiger partial charge in [-0.2, -0.15) is 5.10 Å². The molecule has 0 spiro atoms. The molecule has 1 aromatic heterocycles. The van der Waals surface area contributed by atoms with Crippen molar-refractivity contribution in [1.82, 2.24) is 10.2 Å². The lowest BCUT2D eigenvalue weighted by atomic mass is 10.1. The van der Waals surface area contributed by atoms with Gasteiger partial charge < -0.3 is 5.73 Å². The number of aromatic nitrogens is 2. The van der Waals surface area contributed by atoms with Crippen LogP contribution in [0.3, 0.4) is 0 Å². The minimum atomic E-state index is -3.61. The van der Waals surface area contributed by atoms with E-state index in [1.807, 2.05) is 13.0 Å². The van der Waals surface area contributed by atoms with Crippen molar-refractivity contribution >= 4 is 21.4 Å². The molecule has 1 aromatic carbocycles. The van der Waals surface area contributed by atoms with Crippen molar-refractivity contribution in [3.05, 3.63) is 36.2 Å². The Hall–Kier alpha value is -2.02. The molecule has 0 aliphatic heterocycles. The van der Waals surface area contributed by atoms with Crippen molar-refractivity contribution in [1.29, 1.82) is 0 Å². The zero-order chi connectivity index (χ0) is 13.2. The van der Waals surface area contributed by atoms with Crippen molar-refractivity contribution in [2.24, 2.45) is 0 Å². The Kier molecular flexibility index (Phi) is 3.24. The van der Waals surface area contributed by atoms with Crippen molar-refractivity contribution in [2.45, 2.75) is 18.2 Å². The van der Waals surface area contributed by atoms with Gasteiger partial charge in [-0.05, 0) is 24.1 Å². The number of nitrogen functional groups attached to an aromatic ring is 1. The summed E-state index contributed by atoms with van der Waals surface area (Å²) in [5, 5.41) is 6.06. The first-order valence-corrected chi connectivity index (χ1v) is 6.91. The molecule has 0 radical (unpaired) electrons. The Morgan fingerprint density at radius 2 is 2.22 bits per heavy atom. The van der Waals surface area contributed by atoms with E-state index in [2.05, 4.69) is 14.9 Å². The lowest BCUT2D eigenvalue weighted by Crippen LogP contribution is -2.12. The summed E-state index contributed by atoms with van der Waals surface area (Å²) in [7, 11) is -3.61. The Morgan fingerprint density at radius 3 is 2.78 bits per heavy atom. The average Bonchev–Trinajstić information content (AvgIpc) is 2.82. The maximum atomic E-state index is 11.9. The fourth-order valence-electron chi connectivity index (χ4n) is 1.58. The summed E-state index contributed by atoms with van der Waals surface area (Å²) >= 11 is 0. The van der Waals surface area contributed by atoms with Gasteiger partial charge in [0.25, 0.3) is 10.0 Å². The molecule has 0 aliphatic carbocycles. The molecular formula is C11H14N4O2S. The first-order valence-electron chi connectivity index (χ1n) is 5.43. The summed E-state index contributed by atoms with van der Waals surface area (Å²) in [4.78, 5) is 0.0839. The number of aryl methyl sites for hydroxylation is 1. The van der Waals surface area contributed by atoms with Crippen LogP contribution in [0.25, 0.3) is 0 Å². The second-order valence-electron chi connectivity index (χ2n) is 3.81. The Balaban J connectivity index is 2.27. The number of benzene rings is 1. The molecule has 0 bridgehead atoms. The van der Waals surface area contributed by atoms with Gasteiger partial charge in [0.1, 0.15) is 4.90 Å². The summed E-state index contributed by atoms with van der Waals surface area (Å²) in [6.45, 7) is 1.99. The Bertz CT molecular complexity index is 635. The van der Waals surface area contributed by atoms with Crippen LogP contribution in [0.1, 0.15) is 12.5 Å². The van der Waals surface area contributed by atoms with E-state index in [1.54, 1.807) is 12.1 Å². The predicted molar refractivity (Wildman–Crippen MR) is 69.6 cm³/mol. The van der Waals surface area contributed by atoms with Gasteiger partial charge in [0.2, 0.25) is 0 Å². The number of nitrogens with one attached hydrogen (secondary N) is 2. The molecule has 18 heavy (non-hydrogen) atoms. The zero-order valence-electron chi connectivity index (χ0n) is 9.84. The largest absolute Gasteiger partial charge is 0.398 e. The van der Waals surface area contributed by atoms with Gasteiger partial charge in [0.05, 0.1) is 11.9 Å². The van der Waals surface area contributed by atoms with Crippen LogP contribution in [0.2, 0.25) is 0 Å². The normalized spacial score (nSPS) is 11.4. The molecule has 6 nitrogen and oxygen atoms in total. The fourth-order valence-corrected chi connectivity index (χ4v) is 2.53. The van der Waals surface area contributed by atoms with E-state index in [0.29, 0.717) is 11.4 Å². The minimum absolute atomic E-state index is 0.0839. The molecule has 0 atom stereocenters. The maximum absolute atomic E-state index is 11.9. The van der Waals surface area contributed by atoms with Gasteiger partial charge in [0, 0.05) is 11.9 Å². The van der Waals surface area contributed by atoms with E-state index in [0.717, 1.165) is 12.0 Å². The molecule has 0 saturated carbocycles. The number of hydrogen-bond donors (Lipinski definition) is 3. The van der Waals surface area contributed by atoms with Crippen molar-refractivity contribution in [3.63, 3.8) is 0 Å². The van der Waals surface area contributed by atoms with Crippen LogP contribution in [-0.2, 0) is 16.4 Å². The molecule has 2 aromatic rings. The van der Waals surface area contributed by atoms with E-state index in [9.17, 15) is 8.42 Å². The lowest BCUT2D eigenvalue weighted by molar-refractivity contribution is 0.601. The first-order chi connectivity index (χ1) is 8.53. The Morgan fingerprint density at radius 1 is 1.44 bits per heavy atom. The SMILES string of the molecule is CCc1ccc(NS(=O)(=O)c2cn[nH]c2)cc1N. The average molecular weight is 266 g/mol. The van der Waals surface area contributed by atoms with Gasteiger partial charge in [-0.15, -0.1) is 0 Å². The first kappa shape index (κ1) is 12.4. The highest BCUT2D eigenvalue weighted by Gasteiger charge is 2.15. The molecule has 4 N–H and O–H groups in total. The van der Waals surface area contributed by atoms with Crippen molar-refractivity contribution < 1.29 is 8.42 Å². The Labute approximate surface area is 105 Å². The summed E-state index contributed by atoms with van der Waals surface area (Å²) in [6.07, 6.45) is 3.36. The summed E-state index contributed by atoms with van der Waals surface area (Å²) in [5.41, 5.74) is 7.81. The van der Waals surface area contributed by atoms with Crippen LogP contribution < -0.4 is 10.5 Å². The van der Waals surface area contributed by atoms with Crippen molar-refractivity contribution in [2.75, 3.05) is 10.5 Å². The topological polar surface area (TPSA) is 101 Å². The molecule has 0 amide bonds. The molecule has 96 valence electrons. The van der Waals surface area contributed by atoms with Crippen LogP contribution in [-0.4, -0.2) is 18.6 Å². The fraction of sp³-hybridized carbons (Fsp3) is 0.182. The number of sulfonamides is 1. The number of H-pyrrole nitrogens is 1. The van der Waals surface area contributed by atoms with Gasteiger partial charge in [0.15, 0.2) is 0 Å². The minimum Gasteiger partial charge on any atom is -0.398 e. The second-order valence-corrected chi connectivity index (χ2v) is 5.49. The number of hydrogen-bond acceptors (Lipinski definition) is 4. The van der Waals surface area contributed by atoms with Crippen LogP contribution in [0, 0.1) is 0 Å². The molecule has 7 heteroatoms. The summed E-state index contributed by atoms with van der Waals surface area (Å²) in [6, 6.07) is 5.10. The number of anilines is 2. The van der Waals surface area contributed by atoms with E-state index in [1.165, 1.54) is 12.4 Å². The van der Waals surface area contributed by atoms with E-state index in [-0.39, 0.29) is 4.90 Å². The quantitative estimate of drug-likeness (QED) is 0.727. The van der Waals surface area contributed by atoms with E-state index >= 15 is 0 Å². The van der Waals surface area contributed by atoms with Crippen LogP contribution in [0.15, 0.2) is 35.5 Å². The monoisotopic (exact) mass is 266 g/mol. The van der Waals surface area contributed by atoms with Crippen LogP contribution in [0.4, 0.5) is 11.4 Å². The smallest absolute Gasteiger partial charge is 0.265 e. The molecule has 2 rings (SSSR count). The summed E-state index contributed by atoms with van der Waals surface area (Å²) in [5.74, 6) is 0. The number of rotatable bonds is 4. The van der Waals surface area contributed by atoms with Gasteiger partial charge >= 0.3 is 0 Å². The number of aromatic amines is 1. The molecule has 0 fully saturated rings. The molecule has 0 unspecified atom stereocenters. The highest BCUT2D eigenvalue weighted by atomic mass is 32.2. The van der Waals surface area contributed by atoms with Gasteiger partial charge in [-0.1, -0.05) is 13.0 Å². The molecule has 0 aliphatic rings. The standard InChI is InChI=1S/C11H14N4O2S/c1-2-8-3-4-9(5-11(8)12)15-18(16,17)10-6-13-14-7-10/h3-7,15H,2,12H2,1H3,(H,13,14). The molecule has 1 heterocycles. The third-order valence-electron chi connectivity index (χ3n) is 2.56. The van der Waals surface area contributed by atoms with Crippen molar-refractivity contribution in [3.8, 4) is 0 Å². The van der Waals surface area contributed by atoms with Gasteiger partial charge in [-0.25, -0.2) is 8.42 Å². The third kappa shape index (κ3) is 2.45. The highest BCUT2D eigenvalue weighted by Crippen LogP contribution is 2.21. The second kappa shape index (κ2) is 4.69. The summed E-state index contributed by atoms with van der Waals surface area (Å²) < 4.78 is 26.3. The van der Waals surface area contributed by atoms with Crippen LogP contribution in [0.5, 0.6) is 0 Å². The lowest BCUT2D eigenvalue weighted by Gasteiger charge is -2.09. The number of nitrogens with two attached hydrogens (primary N) is 1. The highest BCUT2D eigenvalue weighted by molar-refractivity contribution is 7.92. The predicted octanol–water partition coefficient (Wildman–Crippen LogP) is 1.36. The molecule has 0 saturated heterocycles. The third-order valence-corrected chi connectivity index (χ3v) is 3.91. The number of nitrogens with zero attached hydrogens (tertiary/aromatic N) is 1.